The molecule has 124 valence electrons. The van der Waals surface area contributed by atoms with Crippen LogP contribution in [-0.2, 0) is 0 Å². The number of para-hydroxylation sites is 1. The zero-order chi connectivity index (χ0) is 16.3. The molecule has 0 atom stereocenters. The van der Waals surface area contributed by atoms with E-state index in [2.05, 4.69) is 5.32 Å². The number of rotatable bonds is 4. The molecule has 23 heavy (non-hydrogen) atoms. The molecular weight excluding hydrogens is 334 g/mol. The SMILES string of the molecule is COc1cccc2cc(C(=O)NCC3(O)CSCCSC3)oc12. The molecule has 0 unspecified atom stereocenters. The summed E-state index contributed by atoms with van der Waals surface area (Å²) < 4.78 is 10.9. The van der Waals surface area contributed by atoms with E-state index in [1.54, 1.807) is 42.8 Å². The highest BCUT2D eigenvalue weighted by atomic mass is 32.2. The van der Waals surface area contributed by atoms with Gasteiger partial charge in [0.05, 0.1) is 12.7 Å². The van der Waals surface area contributed by atoms with E-state index >= 15 is 0 Å². The van der Waals surface area contributed by atoms with Crippen molar-refractivity contribution in [2.24, 2.45) is 0 Å². The van der Waals surface area contributed by atoms with Crippen LogP contribution >= 0.6 is 23.5 Å². The van der Waals surface area contributed by atoms with Crippen molar-refractivity contribution in [3.8, 4) is 5.75 Å². The Hall–Kier alpha value is -1.31. The van der Waals surface area contributed by atoms with E-state index < -0.39 is 5.60 Å². The normalized spacial score (nSPS) is 17.7. The van der Waals surface area contributed by atoms with Crippen LogP contribution in [0.4, 0.5) is 0 Å². The molecule has 5 nitrogen and oxygen atoms in total. The van der Waals surface area contributed by atoms with Crippen molar-refractivity contribution in [2.45, 2.75) is 5.60 Å². The Labute approximate surface area is 143 Å². The van der Waals surface area contributed by atoms with E-state index in [9.17, 15) is 9.90 Å². The first kappa shape index (κ1) is 16.5. The Kier molecular flexibility index (Phi) is 5.08. The first-order chi connectivity index (χ1) is 11.1. The van der Waals surface area contributed by atoms with Gasteiger partial charge in [-0.15, -0.1) is 0 Å². The largest absolute Gasteiger partial charge is 0.493 e. The molecule has 1 fully saturated rings. The quantitative estimate of drug-likeness (QED) is 0.879. The average molecular weight is 353 g/mol. The first-order valence-corrected chi connectivity index (χ1v) is 9.65. The summed E-state index contributed by atoms with van der Waals surface area (Å²) in [6, 6.07) is 7.19. The van der Waals surface area contributed by atoms with E-state index in [0.29, 0.717) is 22.8 Å². The molecule has 1 aromatic heterocycles. The van der Waals surface area contributed by atoms with Gasteiger partial charge in [-0.05, 0) is 12.1 Å². The molecule has 2 heterocycles. The van der Waals surface area contributed by atoms with Gasteiger partial charge in [0.1, 0.15) is 0 Å². The highest BCUT2D eigenvalue weighted by molar-refractivity contribution is 8.03. The summed E-state index contributed by atoms with van der Waals surface area (Å²) in [7, 11) is 1.56. The number of aliphatic hydroxyl groups is 1. The molecule has 0 bridgehead atoms. The fraction of sp³-hybridized carbons (Fsp3) is 0.438. The molecule has 0 aliphatic carbocycles. The lowest BCUT2D eigenvalue weighted by Crippen LogP contribution is -2.46. The summed E-state index contributed by atoms with van der Waals surface area (Å²) in [5.41, 5.74) is -0.315. The standard InChI is InChI=1S/C16H19NO4S2/c1-20-12-4-2-3-11-7-13(21-14(11)12)15(18)17-8-16(19)9-22-5-6-23-10-16/h2-4,7,19H,5-6,8-10H2,1H3,(H,17,18). The van der Waals surface area contributed by atoms with Crippen LogP contribution < -0.4 is 10.1 Å². The van der Waals surface area contributed by atoms with Gasteiger partial charge in [0.2, 0.25) is 0 Å². The number of hydrogen-bond acceptors (Lipinski definition) is 6. The van der Waals surface area contributed by atoms with Crippen molar-refractivity contribution in [3.63, 3.8) is 0 Å². The van der Waals surface area contributed by atoms with E-state index in [1.165, 1.54) is 0 Å². The van der Waals surface area contributed by atoms with Crippen LogP contribution in [0, 0.1) is 0 Å². The lowest BCUT2D eigenvalue weighted by atomic mass is 10.1. The van der Waals surface area contributed by atoms with Crippen LogP contribution in [0.3, 0.4) is 0 Å². The van der Waals surface area contributed by atoms with E-state index in [4.69, 9.17) is 9.15 Å². The molecule has 0 spiro atoms. The van der Waals surface area contributed by atoms with E-state index in [0.717, 1.165) is 16.9 Å². The fourth-order valence-electron chi connectivity index (χ4n) is 2.43. The lowest BCUT2D eigenvalue weighted by molar-refractivity contribution is 0.0738. The molecule has 0 saturated carbocycles. The van der Waals surface area contributed by atoms with Crippen LogP contribution in [0.2, 0.25) is 0 Å². The Morgan fingerprint density at radius 1 is 1.39 bits per heavy atom. The topological polar surface area (TPSA) is 71.7 Å². The minimum atomic E-state index is -0.870. The molecule has 1 aromatic carbocycles. The number of carbonyl (C=O) groups is 1. The molecule has 1 aliphatic heterocycles. The third kappa shape index (κ3) is 3.79. The maximum Gasteiger partial charge on any atom is 0.287 e. The number of furan rings is 1. The van der Waals surface area contributed by atoms with E-state index in [1.807, 2.05) is 12.1 Å². The Morgan fingerprint density at radius 3 is 2.83 bits per heavy atom. The zero-order valence-electron chi connectivity index (χ0n) is 12.8. The van der Waals surface area contributed by atoms with Crippen molar-refractivity contribution < 1.29 is 19.1 Å². The predicted octanol–water partition coefficient (Wildman–Crippen LogP) is 2.38. The van der Waals surface area contributed by atoms with Crippen molar-refractivity contribution >= 4 is 40.4 Å². The monoisotopic (exact) mass is 353 g/mol. The van der Waals surface area contributed by atoms with Gasteiger partial charge in [-0.2, -0.15) is 23.5 Å². The van der Waals surface area contributed by atoms with Crippen LogP contribution in [-0.4, -0.2) is 53.3 Å². The fourth-order valence-corrected chi connectivity index (χ4v) is 4.96. The average Bonchev–Trinajstić information content (AvgIpc) is 2.89. The van der Waals surface area contributed by atoms with Gasteiger partial charge in [-0.25, -0.2) is 0 Å². The molecule has 7 heteroatoms. The number of amides is 1. The van der Waals surface area contributed by atoms with Crippen molar-refractivity contribution in [1.29, 1.82) is 0 Å². The Balaban J connectivity index is 1.71. The zero-order valence-corrected chi connectivity index (χ0v) is 14.5. The summed E-state index contributed by atoms with van der Waals surface area (Å²) >= 11 is 3.43. The smallest absolute Gasteiger partial charge is 0.287 e. The number of hydrogen-bond donors (Lipinski definition) is 2. The number of methoxy groups -OCH3 is 1. The minimum Gasteiger partial charge on any atom is -0.493 e. The molecule has 3 rings (SSSR count). The third-order valence-electron chi connectivity index (χ3n) is 3.64. The molecule has 0 radical (unpaired) electrons. The van der Waals surface area contributed by atoms with Crippen molar-refractivity contribution in [3.05, 3.63) is 30.0 Å². The van der Waals surface area contributed by atoms with Crippen LogP contribution in [0.15, 0.2) is 28.7 Å². The second-order valence-electron chi connectivity index (χ2n) is 5.50. The second kappa shape index (κ2) is 7.07. The van der Waals surface area contributed by atoms with Crippen molar-refractivity contribution in [1.82, 2.24) is 5.32 Å². The molecule has 2 aromatic rings. The Bertz CT molecular complexity index is 692. The predicted molar refractivity (Wildman–Crippen MR) is 94.7 cm³/mol. The highest BCUT2D eigenvalue weighted by Gasteiger charge is 2.30. The summed E-state index contributed by atoms with van der Waals surface area (Å²) in [4.78, 5) is 12.3. The molecular formula is C16H19NO4S2. The molecule has 1 saturated heterocycles. The number of thioether (sulfide) groups is 2. The molecule has 1 amide bonds. The van der Waals surface area contributed by atoms with Crippen molar-refractivity contribution in [2.75, 3.05) is 36.7 Å². The van der Waals surface area contributed by atoms with Gasteiger partial charge in [0.25, 0.3) is 5.91 Å². The maximum atomic E-state index is 12.3. The maximum absolute atomic E-state index is 12.3. The van der Waals surface area contributed by atoms with Gasteiger partial charge in [-0.3, -0.25) is 4.79 Å². The summed E-state index contributed by atoms with van der Waals surface area (Å²) in [6.07, 6.45) is 0. The van der Waals surface area contributed by atoms with Crippen LogP contribution in [0.5, 0.6) is 5.75 Å². The first-order valence-electron chi connectivity index (χ1n) is 7.34. The van der Waals surface area contributed by atoms with Gasteiger partial charge in [0, 0.05) is 34.9 Å². The third-order valence-corrected chi connectivity index (χ3v) is 6.37. The second-order valence-corrected chi connectivity index (χ2v) is 7.71. The molecule has 1 aliphatic rings. The number of carbonyl (C=O) groups excluding carboxylic acids is 1. The van der Waals surface area contributed by atoms with E-state index in [-0.39, 0.29) is 18.2 Å². The number of fused-ring (bicyclic) bond motifs is 1. The summed E-state index contributed by atoms with van der Waals surface area (Å²) in [5.74, 6) is 3.83. The number of nitrogens with one attached hydrogen (secondary N) is 1. The lowest BCUT2D eigenvalue weighted by Gasteiger charge is -2.25. The van der Waals surface area contributed by atoms with Gasteiger partial charge in [0.15, 0.2) is 17.1 Å². The Morgan fingerprint density at radius 2 is 2.13 bits per heavy atom. The van der Waals surface area contributed by atoms with Crippen LogP contribution in [0.1, 0.15) is 10.6 Å². The molecule has 2 N–H and O–H groups in total. The van der Waals surface area contributed by atoms with Gasteiger partial charge < -0.3 is 19.6 Å². The summed E-state index contributed by atoms with van der Waals surface area (Å²) in [5, 5.41) is 14.2. The van der Waals surface area contributed by atoms with Gasteiger partial charge in [-0.1, -0.05) is 12.1 Å². The van der Waals surface area contributed by atoms with Gasteiger partial charge >= 0.3 is 0 Å². The number of ether oxygens (including phenoxy) is 1. The number of benzene rings is 1. The minimum absolute atomic E-state index is 0.222. The summed E-state index contributed by atoms with van der Waals surface area (Å²) in [6.45, 7) is 0.222. The van der Waals surface area contributed by atoms with Crippen LogP contribution in [0.25, 0.3) is 11.0 Å². The highest BCUT2D eigenvalue weighted by Crippen LogP contribution is 2.28.